The summed E-state index contributed by atoms with van der Waals surface area (Å²) in [5, 5.41) is 7.95. The van der Waals surface area contributed by atoms with Gasteiger partial charge in [-0.25, -0.2) is 4.98 Å². The zero-order valence-electron chi connectivity index (χ0n) is 17.1. The Kier molecular flexibility index (Phi) is 7.85. The first-order valence-corrected chi connectivity index (χ1v) is 10.5. The highest BCUT2D eigenvalue weighted by Crippen LogP contribution is 2.21. The molecule has 1 fully saturated rings. The van der Waals surface area contributed by atoms with E-state index in [0.29, 0.717) is 0 Å². The summed E-state index contributed by atoms with van der Waals surface area (Å²) < 4.78 is 5.87. The van der Waals surface area contributed by atoms with Crippen molar-refractivity contribution in [2.45, 2.75) is 65.7 Å². The highest BCUT2D eigenvalue weighted by Gasteiger charge is 2.33. The number of guanidine groups is 1. The van der Waals surface area contributed by atoms with Gasteiger partial charge in [-0.2, -0.15) is 0 Å². The second-order valence-electron chi connectivity index (χ2n) is 7.71. The average Bonchev–Trinajstić information content (AvgIpc) is 2.97. The third kappa shape index (κ3) is 6.52. The van der Waals surface area contributed by atoms with Crippen LogP contribution in [0.5, 0.6) is 0 Å². The summed E-state index contributed by atoms with van der Waals surface area (Å²) in [4.78, 5) is 13.0. The molecule has 0 bridgehead atoms. The van der Waals surface area contributed by atoms with Crippen molar-refractivity contribution in [2.24, 2.45) is 4.99 Å². The van der Waals surface area contributed by atoms with E-state index in [1.54, 1.807) is 11.3 Å². The SMILES string of the molecule is CCNC(=NCC(C)(C)N1CC(C)OC(C)C1)NCCc1ncc(C)s1. The molecule has 0 aromatic carbocycles. The van der Waals surface area contributed by atoms with Gasteiger partial charge in [-0.15, -0.1) is 11.3 Å². The standard InChI is InChI=1S/C19H35N5OS/c1-7-20-18(21-9-8-17-22-10-16(4)26-17)23-13-19(5,6)24-11-14(2)25-15(3)12-24/h10,14-15H,7-9,11-13H2,1-6H3,(H2,20,21,23). The van der Waals surface area contributed by atoms with Crippen molar-refractivity contribution in [1.82, 2.24) is 20.5 Å². The number of nitrogens with one attached hydrogen (secondary N) is 2. The van der Waals surface area contributed by atoms with E-state index in [1.165, 1.54) is 9.88 Å². The number of morpholine rings is 1. The van der Waals surface area contributed by atoms with Gasteiger partial charge in [0.2, 0.25) is 0 Å². The van der Waals surface area contributed by atoms with E-state index in [0.717, 1.165) is 45.1 Å². The second kappa shape index (κ2) is 9.67. The van der Waals surface area contributed by atoms with Crippen LogP contribution in [0.25, 0.3) is 0 Å². The van der Waals surface area contributed by atoms with Crippen LogP contribution in [-0.2, 0) is 11.2 Å². The van der Waals surface area contributed by atoms with Crippen molar-refractivity contribution >= 4 is 17.3 Å². The van der Waals surface area contributed by atoms with Crippen molar-refractivity contribution in [1.29, 1.82) is 0 Å². The first kappa shape index (κ1) is 21.1. The van der Waals surface area contributed by atoms with Crippen LogP contribution in [-0.4, -0.2) is 66.3 Å². The van der Waals surface area contributed by atoms with Crippen LogP contribution < -0.4 is 10.6 Å². The van der Waals surface area contributed by atoms with Gasteiger partial charge in [0.1, 0.15) is 0 Å². The molecule has 1 aromatic rings. The predicted molar refractivity (Wildman–Crippen MR) is 110 cm³/mol. The van der Waals surface area contributed by atoms with Gasteiger partial charge >= 0.3 is 0 Å². The minimum absolute atomic E-state index is 0.00106. The Bertz CT molecular complexity index is 576. The topological polar surface area (TPSA) is 61.8 Å². The van der Waals surface area contributed by atoms with Crippen LogP contribution in [0.15, 0.2) is 11.2 Å². The van der Waals surface area contributed by atoms with Crippen LogP contribution >= 0.6 is 11.3 Å². The lowest BCUT2D eigenvalue weighted by atomic mass is 10.0. The summed E-state index contributed by atoms with van der Waals surface area (Å²) in [5.41, 5.74) is 0.00106. The van der Waals surface area contributed by atoms with Gasteiger partial charge in [0, 0.05) is 49.2 Å². The van der Waals surface area contributed by atoms with E-state index >= 15 is 0 Å². The van der Waals surface area contributed by atoms with Gasteiger partial charge in [-0.05, 0) is 41.5 Å². The highest BCUT2D eigenvalue weighted by molar-refractivity contribution is 7.11. The van der Waals surface area contributed by atoms with E-state index in [-0.39, 0.29) is 17.7 Å². The number of thiazole rings is 1. The van der Waals surface area contributed by atoms with E-state index in [4.69, 9.17) is 9.73 Å². The lowest BCUT2D eigenvalue weighted by Crippen LogP contribution is -2.56. The van der Waals surface area contributed by atoms with Gasteiger partial charge < -0.3 is 15.4 Å². The average molecular weight is 382 g/mol. The molecule has 0 amide bonds. The largest absolute Gasteiger partial charge is 0.373 e. The molecule has 2 N–H and O–H groups in total. The molecule has 7 heteroatoms. The Morgan fingerprint density at radius 3 is 2.62 bits per heavy atom. The van der Waals surface area contributed by atoms with E-state index in [1.807, 2.05) is 6.20 Å². The number of hydrogen-bond acceptors (Lipinski definition) is 5. The molecule has 1 aliphatic rings. The lowest BCUT2D eigenvalue weighted by Gasteiger charge is -2.44. The molecule has 26 heavy (non-hydrogen) atoms. The van der Waals surface area contributed by atoms with Crippen molar-refractivity contribution in [2.75, 3.05) is 32.7 Å². The minimum Gasteiger partial charge on any atom is -0.373 e. The number of aromatic nitrogens is 1. The molecule has 1 aliphatic heterocycles. The van der Waals surface area contributed by atoms with E-state index in [2.05, 4.69) is 62.1 Å². The molecule has 0 aliphatic carbocycles. The van der Waals surface area contributed by atoms with Crippen LogP contribution in [0.4, 0.5) is 0 Å². The van der Waals surface area contributed by atoms with Crippen molar-refractivity contribution in [3.8, 4) is 0 Å². The molecule has 1 saturated heterocycles. The Labute approximate surface area is 162 Å². The molecular weight excluding hydrogens is 346 g/mol. The molecule has 2 atom stereocenters. The van der Waals surface area contributed by atoms with Crippen LogP contribution in [0, 0.1) is 6.92 Å². The second-order valence-corrected chi connectivity index (χ2v) is 9.03. The third-order valence-electron chi connectivity index (χ3n) is 4.54. The Balaban J connectivity index is 1.89. The summed E-state index contributed by atoms with van der Waals surface area (Å²) in [7, 11) is 0. The number of ether oxygens (including phenoxy) is 1. The molecule has 0 saturated carbocycles. The summed E-state index contributed by atoms with van der Waals surface area (Å²) in [6, 6.07) is 0. The molecule has 2 heterocycles. The first-order chi connectivity index (χ1) is 12.3. The maximum atomic E-state index is 5.87. The summed E-state index contributed by atoms with van der Waals surface area (Å²) in [5.74, 6) is 0.878. The summed E-state index contributed by atoms with van der Waals surface area (Å²) >= 11 is 1.76. The molecule has 148 valence electrons. The highest BCUT2D eigenvalue weighted by atomic mass is 32.1. The maximum absolute atomic E-state index is 5.87. The van der Waals surface area contributed by atoms with Crippen LogP contribution in [0.2, 0.25) is 0 Å². The molecule has 0 radical (unpaired) electrons. The quantitative estimate of drug-likeness (QED) is 0.561. The smallest absolute Gasteiger partial charge is 0.191 e. The molecule has 2 rings (SSSR count). The number of aliphatic imine (C=N–C) groups is 1. The molecule has 0 spiro atoms. The zero-order chi connectivity index (χ0) is 19.2. The van der Waals surface area contributed by atoms with Gasteiger partial charge in [0.05, 0.1) is 23.8 Å². The fourth-order valence-corrected chi connectivity index (χ4v) is 3.98. The van der Waals surface area contributed by atoms with E-state index < -0.39 is 0 Å². The molecule has 2 unspecified atom stereocenters. The van der Waals surface area contributed by atoms with Crippen LogP contribution in [0.1, 0.15) is 44.5 Å². The monoisotopic (exact) mass is 381 g/mol. The van der Waals surface area contributed by atoms with Gasteiger partial charge in [-0.1, -0.05) is 0 Å². The minimum atomic E-state index is 0.00106. The Morgan fingerprint density at radius 1 is 1.35 bits per heavy atom. The third-order valence-corrected chi connectivity index (χ3v) is 5.52. The Morgan fingerprint density at radius 2 is 2.04 bits per heavy atom. The van der Waals surface area contributed by atoms with Crippen molar-refractivity contribution < 1.29 is 4.74 Å². The van der Waals surface area contributed by atoms with Crippen molar-refractivity contribution in [3.63, 3.8) is 0 Å². The predicted octanol–water partition coefficient (Wildman–Crippen LogP) is 2.44. The fourth-order valence-electron chi connectivity index (χ4n) is 3.19. The Hall–Kier alpha value is -1.18. The summed E-state index contributed by atoms with van der Waals surface area (Å²) in [6.07, 6.45) is 3.40. The zero-order valence-corrected chi connectivity index (χ0v) is 17.9. The first-order valence-electron chi connectivity index (χ1n) is 9.64. The number of nitrogens with zero attached hydrogens (tertiary/aromatic N) is 3. The normalized spacial score (nSPS) is 22.5. The van der Waals surface area contributed by atoms with Crippen molar-refractivity contribution in [3.05, 3.63) is 16.1 Å². The fraction of sp³-hybridized carbons (Fsp3) is 0.789. The number of rotatable bonds is 7. The number of hydrogen-bond donors (Lipinski definition) is 2. The van der Waals surface area contributed by atoms with Gasteiger partial charge in [0.25, 0.3) is 0 Å². The van der Waals surface area contributed by atoms with Gasteiger partial charge in [0.15, 0.2) is 5.96 Å². The van der Waals surface area contributed by atoms with Crippen LogP contribution in [0.3, 0.4) is 0 Å². The molecule has 6 nitrogen and oxygen atoms in total. The summed E-state index contributed by atoms with van der Waals surface area (Å²) in [6.45, 7) is 17.4. The van der Waals surface area contributed by atoms with E-state index in [9.17, 15) is 0 Å². The molecule has 1 aromatic heterocycles. The molecular formula is C19H35N5OS. The number of aryl methyl sites for hydroxylation is 1. The maximum Gasteiger partial charge on any atom is 0.191 e. The van der Waals surface area contributed by atoms with Gasteiger partial charge in [-0.3, -0.25) is 9.89 Å². The lowest BCUT2D eigenvalue weighted by molar-refractivity contribution is -0.0939.